The van der Waals surface area contributed by atoms with Crippen LogP contribution in [-0.4, -0.2) is 17.9 Å². The first-order chi connectivity index (χ1) is 11.4. The van der Waals surface area contributed by atoms with Gasteiger partial charge < -0.3 is 9.47 Å². The molecule has 0 bridgehead atoms. The van der Waals surface area contributed by atoms with Gasteiger partial charge in [-0.15, -0.1) is 0 Å². The number of ether oxygens (including phenoxy) is 2. The van der Waals surface area contributed by atoms with Gasteiger partial charge in [-0.2, -0.15) is 0 Å². The van der Waals surface area contributed by atoms with Gasteiger partial charge in [-0.1, -0.05) is 18.2 Å². The second kappa shape index (κ2) is 4.74. The molecule has 1 spiro atoms. The highest BCUT2D eigenvalue weighted by Gasteiger charge is 2.51. The second-order valence-electron chi connectivity index (χ2n) is 6.10. The smallest absolute Gasteiger partial charge is 0.363 e. The zero-order valence-corrected chi connectivity index (χ0v) is 13.6. The van der Waals surface area contributed by atoms with E-state index >= 15 is 0 Å². The topological polar surface area (TPSA) is 64.8 Å². The van der Waals surface area contributed by atoms with Crippen molar-refractivity contribution in [1.29, 1.82) is 0 Å². The SMILES string of the molecule is CC1=Cc2cccc([N+](=O)[O-])c2OC12Oc1ccc(C)cc1N2C. The molecule has 2 aromatic carbocycles. The van der Waals surface area contributed by atoms with Gasteiger partial charge in [-0.05, 0) is 37.6 Å². The predicted octanol–water partition coefficient (Wildman–Crippen LogP) is 3.88. The Morgan fingerprint density at radius 1 is 1.17 bits per heavy atom. The van der Waals surface area contributed by atoms with E-state index in [2.05, 4.69) is 0 Å². The molecule has 0 saturated carbocycles. The first kappa shape index (κ1) is 14.6. The van der Waals surface area contributed by atoms with Gasteiger partial charge in [0.15, 0.2) is 0 Å². The fourth-order valence-electron chi connectivity index (χ4n) is 3.24. The lowest BCUT2D eigenvalue weighted by atomic mass is 10.0. The Balaban J connectivity index is 1.87. The first-order valence-electron chi connectivity index (χ1n) is 7.61. The van der Waals surface area contributed by atoms with Gasteiger partial charge in [0, 0.05) is 24.3 Å². The van der Waals surface area contributed by atoms with E-state index in [-0.39, 0.29) is 11.4 Å². The number of benzene rings is 2. The van der Waals surface area contributed by atoms with Gasteiger partial charge in [0.05, 0.1) is 10.6 Å². The Morgan fingerprint density at radius 2 is 1.96 bits per heavy atom. The molecule has 2 aliphatic rings. The van der Waals surface area contributed by atoms with Crippen molar-refractivity contribution < 1.29 is 14.4 Å². The number of fused-ring (bicyclic) bond motifs is 2. The van der Waals surface area contributed by atoms with Crippen LogP contribution < -0.4 is 14.4 Å². The molecule has 6 heteroatoms. The van der Waals surface area contributed by atoms with E-state index in [1.165, 1.54) is 6.07 Å². The minimum atomic E-state index is -1.20. The van der Waals surface area contributed by atoms with Gasteiger partial charge in [0.2, 0.25) is 5.75 Å². The highest BCUT2D eigenvalue weighted by Crippen LogP contribution is 2.50. The van der Waals surface area contributed by atoms with Crippen LogP contribution in [0.4, 0.5) is 11.4 Å². The van der Waals surface area contributed by atoms with Crippen LogP contribution in [0.2, 0.25) is 0 Å². The number of likely N-dealkylation sites (N-methyl/N-ethyl adjacent to an activating group) is 1. The molecule has 122 valence electrons. The molecule has 0 radical (unpaired) electrons. The Kier molecular flexibility index (Phi) is 2.87. The lowest BCUT2D eigenvalue weighted by Crippen LogP contribution is -2.54. The molecule has 2 heterocycles. The lowest BCUT2D eigenvalue weighted by molar-refractivity contribution is -0.386. The van der Waals surface area contributed by atoms with E-state index in [9.17, 15) is 10.1 Å². The number of nitro benzene ring substituents is 1. The van der Waals surface area contributed by atoms with Gasteiger partial charge in [0.1, 0.15) is 5.75 Å². The number of nitrogens with zero attached hydrogens (tertiary/aromatic N) is 2. The highest BCUT2D eigenvalue weighted by atomic mass is 16.7. The molecule has 6 nitrogen and oxygen atoms in total. The van der Waals surface area contributed by atoms with E-state index in [0.29, 0.717) is 11.3 Å². The van der Waals surface area contributed by atoms with Gasteiger partial charge in [0.25, 0.3) is 0 Å². The van der Waals surface area contributed by atoms with Crippen molar-refractivity contribution in [3.63, 3.8) is 0 Å². The van der Waals surface area contributed by atoms with Crippen LogP contribution >= 0.6 is 0 Å². The summed E-state index contributed by atoms with van der Waals surface area (Å²) in [6.07, 6.45) is 1.88. The van der Waals surface area contributed by atoms with Crippen LogP contribution in [0.25, 0.3) is 6.08 Å². The van der Waals surface area contributed by atoms with E-state index < -0.39 is 10.8 Å². The van der Waals surface area contributed by atoms with Crippen molar-refractivity contribution in [2.45, 2.75) is 19.8 Å². The minimum Gasteiger partial charge on any atom is -0.429 e. The molecule has 0 N–H and O–H groups in total. The summed E-state index contributed by atoms with van der Waals surface area (Å²) in [4.78, 5) is 12.8. The van der Waals surface area contributed by atoms with Crippen LogP contribution in [0, 0.1) is 17.0 Å². The summed E-state index contributed by atoms with van der Waals surface area (Å²) >= 11 is 0. The lowest BCUT2D eigenvalue weighted by Gasteiger charge is -2.38. The number of aryl methyl sites for hydroxylation is 1. The van der Waals surface area contributed by atoms with E-state index in [1.54, 1.807) is 12.1 Å². The molecule has 1 unspecified atom stereocenters. The van der Waals surface area contributed by atoms with E-state index in [4.69, 9.17) is 9.47 Å². The summed E-state index contributed by atoms with van der Waals surface area (Å²) in [5.41, 5.74) is 3.43. The Bertz CT molecular complexity index is 906. The number of hydrogen-bond donors (Lipinski definition) is 0. The maximum atomic E-state index is 11.4. The molecule has 0 aromatic heterocycles. The third kappa shape index (κ3) is 1.83. The normalized spacial score (nSPS) is 20.8. The number of nitro groups is 1. The first-order valence-corrected chi connectivity index (χ1v) is 7.61. The summed E-state index contributed by atoms with van der Waals surface area (Å²) in [5.74, 6) is -0.280. The second-order valence-corrected chi connectivity index (χ2v) is 6.10. The van der Waals surface area contributed by atoms with Crippen molar-refractivity contribution in [3.8, 4) is 11.5 Å². The Morgan fingerprint density at radius 3 is 2.71 bits per heavy atom. The summed E-state index contributed by atoms with van der Waals surface area (Å²) in [6.45, 7) is 3.90. The van der Waals surface area contributed by atoms with Gasteiger partial charge >= 0.3 is 11.6 Å². The minimum absolute atomic E-state index is 0.0697. The van der Waals surface area contributed by atoms with E-state index in [1.807, 2.05) is 50.1 Å². The summed E-state index contributed by atoms with van der Waals surface area (Å²) < 4.78 is 12.2. The maximum Gasteiger partial charge on any atom is 0.363 e. The van der Waals surface area contributed by atoms with Crippen molar-refractivity contribution in [3.05, 3.63) is 63.2 Å². The Labute approximate surface area is 139 Å². The van der Waals surface area contributed by atoms with Crippen LogP contribution in [0.1, 0.15) is 18.1 Å². The number of para-hydroxylation sites is 1. The molecule has 2 aliphatic heterocycles. The zero-order valence-electron chi connectivity index (χ0n) is 13.6. The molecule has 4 rings (SSSR count). The van der Waals surface area contributed by atoms with Crippen LogP contribution in [0.15, 0.2) is 42.0 Å². The van der Waals surface area contributed by atoms with Crippen LogP contribution in [0.3, 0.4) is 0 Å². The fraction of sp³-hybridized carbons (Fsp3) is 0.222. The average Bonchev–Trinajstić information content (AvgIpc) is 2.81. The summed E-state index contributed by atoms with van der Waals surface area (Å²) in [5, 5.41) is 11.4. The quantitative estimate of drug-likeness (QED) is 0.588. The van der Waals surface area contributed by atoms with Crippen molar-refractivity contribution in [2.75, 3.05) is 11.9 Å². The average molecular weight is 324 g/mol. The van der Waals surface area contributed by atoms with Crippen LogP contribution in [0.5, 0.6) is 11.5 Å². The Hall–Kier alpha value is -3.02. The molecular weight excluding hydrogens is 308 g/mol. The number of rotatable bonds is 1. The van der Waals surface area contributed by atoms with Gasteiger partial charge in [-0.3, -0.25) is 15.0 Å². The maximum absolute atomic E-state index is 11.4. The fourth-order valence-corrected chi connectivity index (χ4v) is 3.24. The molecule has 24 heavy (non-hydrogen) atoms. The third-order valence-electron chi connectivity index (χ3n) is 4.50. The van der Waals surface area contributed by atoms with Crippen LogP contribution in [-0.2, 0) is 0 Å². The summed E-state index contributed by atoms with van der Waals surface area (Å²) in [7, 11) is 1.86. The summed E-state index contributed by atoms with van der Waals surface area (Å²) in [6, 6.07) is 10.7. The molecule has 1 atom stereocenters. The largest absolute Gasteiger partial charge is 0.429 e. The highest BCUT2D eigenvalue weighted by molar-refractivity contribution is 5.74. The molecule has 0 fully saturated rings. The third-order valence-corrected chi connectivity index (χ3v) is 4.50. The molecule has 0 saturated heterocycles. The number of anilines is 1. The van der Waals surface area contributed by atoms with E-state index in [0.717, 1.165) is 16.8 Å². The zero-order chi connectivity index (χ0) is 17.1. The molecular formula is C18H16N2O4. The predicted molar refractivity (Wildman–Crippen MR) is 90.3 cm³/mol. The molecule has 0 aliphatic carbocycles. The standard InChI is InChI=1S/C18H16N2O4/c1-11-7-8-16-15(9-11)19(3)18(23-16)12(2)10-13-5-4-6-14(20(21)22)17(13)24-18/h4-10H,1-3H3. The monoisotopic (exact) mass is 324 g/mol. The van der Waals surface area contributed by atoms with Crippen molar-refractivity contribution in [2.24, 2.45) is 0 Å². The number of hydrogen-bond acceptors (Lipinski definition) is 5. The van der Waals surface area contributed by atoms with Crippen molar-refractivity contribution >= 4 is 17.5 Å². The van der Waals surface area contributed by atoms with Crippen molar-refractivity contribution in [1.82, 2.24) is 0 Å². The molecule has 0 amide bonds. The van der Waals surface area contributed by atoms with Gasteiger partial charge in [-0.25, -0.2) is 0 Å². The molecule has 2 aromatic rings.